The second kappa shape index (κ2) is 18.1. The third-order valence-electron chi connectivity index (χ3n) is 8.51. The number of aldehydes is 2. The SMILES string of the molecule is CCC(=O)NCC1CCN(Cc2cc(N/C=C(\N=C/C=O)N3CCN(CCC(C)C=O)CC3)nc(-c3cc(Cl)cc(Cl)c3)c2)CC1. The van der Waals surface area contributed by atoms with Crippen LogP contribution in [0, 0.1) is 11.8 Å². The Morgan fingerprint density at radius 2 is 1.74 bits per heavy atom. The number of aromatic nitrogens is 1. The molecule has 1 atom stereocenters. The number of nitrogens with zero attached hydrogens (tertiary/aromatic N) is 5. The number of halogens is 2. The first-order valence-electron chi connectivity index (χ1n) is 16.1. The first-order valence-corrected chi connectivity index (χ1v) is 16.9. The summed E-state index contributed by atoms with van der Waals surface area (Å²) in [5.74, 6) is 1.93. The van der Waals surface area contributed by atoms with Gasteiger partial charge in [-0.3, -0.25) is 19.4 Å². The maximum Gasteiger partial charge on any atom is 0.219 e. The molecule has 4 rings (SSSR count). The average Bonchev–Trinajstić information content (AvgIpc) is 3.06. The van der Waals surface area contributed by atoms with Crippen molar-refractivity contribution < 1.29 is 14.4 Å². The van der Waals surface area contributed by atoms with E-state index in [2.05, 4.69) is 36.4 Å². The molecule has 2 fully saturated rings. The molecule has 2 aliphatic rings. The molecule has 1 aromatic carbocycles. The lowest BCUT2D eigenvalue weighted by Crippen LogP contribution is -2.46. The molecule has 0 bridgehead atoms. The molecule has 1 unspecified atom stereocenters. The van der Waals surface area contributed by atoms with Crippen LogP contribution in [0.3, 0.4) is 0 Å². The molecule has 3 heterocycles. The summed E-state index contributed by atoms with van der Waals surface area (Å²) in [5, 5.41) is 7.45. The van der Waals surface area contributed by atoms with Gasteiger partial charge in [-0.1, -0.05) is 37.0 Å². The number of pyridine rings is 1. The lowest BCUT2D eigenvalue weighted by molar-refractivity contribution is -0.121. The van der Waals surface area contributed by atoms with E-state index < -0.39 is 0 Å². The van der Waals surface area contributed by atoms with E-state index in [9.17, 15) is 14.4 Å². The molecule has 10 nitrogen and oxygen atoms in total. The molecule has 2 aliphatic heterocycles. The lowest BCUT2D eigenvalue weighted by Gasteiger charge is -2.36. The molecule has 2 N–H and O–H groups in total. The maximum absolute atomic E-state index is 11.7. The number of amides is 1. The summed E-state index contributed by atoms with van der Waals surface area (Å²) < 4.78 is 0. The highest BCUT2D eigenvalue weighted by Crippen LogP contribution is 2.29. The third-order valence-corrected chi connectivity index (χ3v) is 8.95. The van der Waals surface area contributed by atoms with Crippen LogP contribution in [0.25, 0.3) is 11.3 Å². The van der Waals surface area contributed by atoms with Crippen LogP contribution in [0.2, 0.25) is 10.0 Å². The van der Waals surface area contributed by atoms with E-state index in [1.165, 1.54) is 6.21 Å². The molecular formula is C34H45Cl2N7O3. The number of piperazine rings is 1. The largest absolute Gasteiger partial charge is 0.356 e. The number of likely N-dealkylation sites (tertiary alicyclic amines) is 1. The zero-order valence-electron chi connectivity index (χ0n) is 26.8. The quantitative estimate of drug-likeness (QED) is 0.199. The number of nitrogens with one attached hydrogen (secondary N) is 2. The molecule has 12 heteroatoms. The first kappa shape index (κ1) is 35.5. The predicted octanol–water partition coefficient (Wildman–Crippen LogP) is 5.12. The van der Waals surface area contributed by atoms with Gasteiger partial charge >= 0.3 is 0 Å². The molecule has 0 spiro atoms. The number of anilines is 1. The Morgan fingerprint density at radius 1 is 1.02 bits per heavy atom. The molecular weight excluding hydrogens is 625 g/mol. The minimum Gasteiger partial charge on any atom is -0.356 e. The maximum atomic E-state index is 11.7. The Balaban J connectivity index is 1.50. The number of aliphatic imine (C=N–C) groups is 1. The number of hydrogen-bond acceptors (Lipinski definition) is 9. The standard InChI is InChI=1S/C34H45Cl2N7O3/c1-3-34(46)39-21-26-5-9-42(10-6-26)23-27-16-31(28-18-29(35)20-30(36)19-28)40-32(17-27)38-22-33(37-7-15-44)43-13-11-41(12-14-43)8-4-25(2)24-45/h7,15-20,22,24-26H,3-6,8-14,21,23H2,1-2H3,(H,38,40)(H,39,46)/b33-22+,37-7-. The fraction of sp³-hybridized carbons (Fsp3) is 0.500. The van der Waals surface area contributed by atoms with Crippen LogP contribution < -0.4 is 10.6 Å². The van der Waals surface area contributed by atoms with E-state index in [0.717, 1.165) is 101 Å². The van der Waals surface area contributed by atoms with Crippen molar-refractivity contribution >= 4 is 53.7 Å². The Labute approximate surface area is 282 Å². The van der Waals surface area contributed by atoms with Gasteiger partial charge in [0, 0.05) is 73.4 Å². The zero-order chi connectivity index (χ0) is 32.9. The van der Waals surface area contributed by atoms with Gasteiger partial charge in [-0.05, 0) is 80.7 Å². The summed E-state index contributed by atoms with van der Waals surface area (Å²) in [6.45, 7) is 11.2. The van der Waals surface area contributed by atoms with Crippen molar-refractivity contribution in [2.45, 2.75) is 46.1 Å². The lowest BCUT2D eigenvalue weighted by atomic mass is 9.96. The summed E-state index contributed by atoms with van der Waals surface area (Å²) in [4.78, 5) is 50.1. The topological polar surface area (TPSA) is 110 Å². The Hall–Kier alpha value is -3.31. The normalized spacial score (nSPS) is 17.7. The number of piperidine rings is 1. The van der Waals surface area contributed by atoms with Gasteiger partial charge < -0.3 is 20.3 Å². The van der Waals surface area contributed by atoms with Crippen molar-refractivity contribution in [2.24, 2.45) is 16.8 Å². The van der Waals surface area contributed by atoms with Gasteiger partial charge in [0.25, 0.3) is 0 Å². The highest BCUT2D eigenvalue weighted by Gasteiger charge is 2.21. The van der Waals surface area contributed by atoms with Crippen LogP contribution in [-0.2, 0) is 20.9 Å². The number of hydrogen-bond donors (Lipinski definition) is 2. The van der Waals surface area contributed by atoms with Crippen LogP contribution in [0.1, 0.15) is 45.1 Å². The van der Waals surface area contributed by atoms with Crippen LogP contribution >= 0.6 is 23.2 Å². The van der Waals surface area contributed by atoms with Crippen LogP contribution in [0.4, 0.5) is 5.82 Å². The van der Waals surface area contributed by atoms with Gasteiger partial charge in [-0.25, -0.2) is 9.98 Å². The number of carbonyl (C=O) groups is 3. The first-order chi connectivity index (χ1) is 22.3. The molecule has 2 aromatic rings. The monoisotopic (exact) mass is 669 g/mol. The van der Waals surface area contributed by atoms with Gasteiger partial charge in [0.1, 0.15) is 17.9 Å². The highest BCUT2D eigenvalue weighted by molar-refractivity contribution is 6.35. The molecule has 0 aliphatic carbocycles. The fourth-order valence-corrected chi connectivity index (χ4v) is 6.23. The predicted molar refractivity (Wildman–Crippen MR) is 185 cm³/mol. The second-order valence-electron chi connectivity index (χ2n) is 12.1. The Kier molecular flexibility index (Phi) is 14.0. The zero-order valence-corrected chi connectivity index (χ0v) is 28.3. The van der Waals surface area contributed by atoms with Crippen molar-refractivity contribution in [2.75, 3.05) is 57.7 Å². The Bertz CT molecular complexity index is 1370. The summed E-state index contributed by atoms with van der Waals surface area (Å²) in [6, 6.07) is 9.51. The Morgan fingerprint density at radius 3 is 2.39 bits per heavy atom. The van der Waals surface area contributed by atoms with Gasteiger partial charge in [0.05, 0.1) is 11.9 Å². The average molecular weight is 671 g/mol. The summed E-state index contributed by atoms with van der Waals surface area (Å²) in [6.07, 6.45) is 8.14. The number of carbonyl (C=O) groups excluding carboxylic acids is 3. The number of rotatable bonds is 15. The van der Waals surface area contributed by atoms with Gasteiger partial charge in [0.15, 0.2) is 6.29 Å². The number of benzene rings is 1. The molecule has 2 saturated heterocycles. The molecule has 1 aromatic heterocycles. The second-order valence-corrected chi connectivity index (χ2v) is 12.9. The van der Waals surface area contributed by atoms with E-state index in [1.807, 2.05) is 32.0 Å². The van der Waals surface area contributed by atoms with Crippen LogP contribution in [-0.4, -0.2) is 96.7 Å². The molecule has 0 radical (unpaired) electrons. The summed E-state index contributed by atoms with van der Waals surface area (Å²) in [7, 11) is 0. The summed E-state index contributed by atoms with van der Waals surface area (Å²) in [5.41, 5.74) is 2.65. The molecule has 1 amide bonds. The van der Waals surface area contributed by atoms with E-state index >= 15 is 0 Å². The van der Waals surface area contributed by atoms with Crippen LogP contribution in [0.15, 0.2) is 47.3 Å². The molecule has 0 saturated carbocycles. The van der Waals surface area contributed by atoms with Crippen LogP contribution in [0.5, 0.6) is 0 Å². The summed E-state index contributed by atoms with van der Waals surface area (Å²) >= 11 is 12.7. The minimum atomic E-state index is 0.0533. The van der Waals surface area contributed by atoms with Gasteiger partial charge in [0.2, 0.25) is 5.91 Å². The molecule has 46 heavy (non-hydrogen) atoms. The van der Waals surface area contributed by atoms with Gasteiger partial charge in [-0.2, -0.15) is 0 Å². The van der Waals surface area contributed by atoms with Gasteiger partial charge in [-0.15, -0.1) is 0 Å². The van der Waals surface area contributed by atoms with Crippen molar-refractivity contribution in [1.29, 1.82) is 0 Å². The van der Waals surface area contributed by atoms with E-state index in [4.69, 9.17) is 28.2 Å². The van der Waals surface area contributed by atoms with E-state index in [1.54, 1.807) is 12.3 Å². The third kappa shape index (κ3) is 11.2. The highest BCUT2D eigenvalue weighted by atomic mass is 35.5. The minimum absolute atomic E-state index is 0.0533. The fourth-order valence-electron chi connectivity index (χ4n) is 5.70. The van der Waals surface area contributed by atoms with Crippen molar-refractivity contribution in [3.05, 3.63) is 58.0 Å². The smallest absolute Gasteiger partial charge is 0.219 e. The van der Waals surface area contributed by atoms with Crippen molar-refractivity contribution in [1.82, 2.24) is 25.0 Å². The molecule has 248 valence electrons. The van der Waals surface area contributed by atoms with E-state index in [-0.39, 0.29) is 11.8 Å². The van der Waals surface area contributed by atoms with Crippen molar-refractivity contribution in [3.63, 3.8) is 0 Å². The van der Waals surface area contributed by atoms with E-state index in [0.29, 0.717) is 40.3 Å². The van der Waals surface area contributed by atoms with Crippen molar-refractivity contribution in [3.8, 4) is 11.3 Å².